The van der Waals surface area contributed by atoms with E-state index in [2.05, 4.69) is 25.9 Å². The van der Waals surface area contributed by atoms with Gasteiger partial charge in [-0.3, -0.25) is 14.4 Å². The van der Waals surface area contributed by atoms with Gasteiger partial charge in [-0.25, -0.2) is 14.4 Å². The Kier molecular flexibility index (Phi) is 9.01. The van der Waals surface area contributed by atoms with Crippen molar-refractivity contribution in [3.05, 3.63) is 88.8 Å². The van der Waals surface area contributed by atoms with E-state index in [4.69, 9.17) is 0 Å². The summed E-state index contributed by atoms with van der Waals surface area (Å²) in [5, 5.41) is 17.6. The molecule has 36 heavy (non-hydrogen) atoms. The highest BCUT2D eigenvalue weighted by Crippen LogP contribution is 2.16. The van der Waals surface area contributed by atoms with Crippen LogP contribution in [0.15, 0.2) is 54.9 Å². The average Bonchev–Trinajstić information content (AvgIpc) is 2.87. The van der Waals surface area contributed by atoms with Gasteiger partial charge in [-0.1, -0.05) is 18.2 Å². The van der Waals surface area contributed by atoms with Gasteiger partial charge in [0.05, 0.1) is 0 Å². The van der Waals surface area contributed by atoms with Crippen molar-refractivity contribution in [2.45, 2.75) is 13.1 Å². The molecule has 0 unspecified atom stereocenters. The fourth-order valence-corrected chi connectivity index (χ4v) is 3.09. The molecule has 11 heteroatoms. The van der Waals surface area contributed by atoms with E-state index >= 15 is 0 Å². The van der Waals surface area contributed by atoms with Crippen LogP contribution in [0.25, 0.3) is 0 Å². The minimum absolute atomic E-state index is 0.00599. The van der Waals surface area contributed by atoms with Gasteiger partial charge in [-0.05, 0) is 49.5 Å². The summed E-state index contributed by atoms with van der Waals surface area (Å²) in [7, 11) is 3.85. The third-order valence-electron chi connectivity index (χ3n) is 5.11. The maximum Gasteiger partial charge on any atom is 0.270 e. The van der Waals surface area contributed by atoms with Crippen LogP contribution in [-0.4, -0.2) is 64.9 Å². The lowest BCUT2D eigenvalue weighted by atomic mass is 10.1. The van der Waals surface area contributed by atoms with Gasteiger partial charge in [-0.2, -0.15) is 0 Å². The van der Waals surface area contributed by atoms with Crippen LogP contribution in [0.4, 0.5) is 4.39 Å². The van der Waals surface area contributed by atoms with Gasteiger partial charge in [0.15, 0.2) is 11.6 Å². The average molecular weight is 495 g/mol. The monoisotopic (exact) mass is 494 g/mol. The second-order valence-corrected chi connectivity index (χ2v) is 8.20. The summed E-state index contributed by atoms with van der Waals surface area (Å²) in [4.78, 5) is 46.9. The number of phenols is 1. The number of hydrogen-bond acceptors (Lipinski definition) is 7. The minimum Gasteiger partial charge on any atom is -0.505 e. The normalized spacial score (nSPS) is 10.7. The van der Waals surface area contributed by atoms with Crippen molar-refractivity contribution in [3.63, 3.8) is 0 Å². The van der Waals surface area contributed by atoms with Crippen LogP contribution in [-0.2, 0) is 13.1 Å². The van der Waals surface area contributed by atoms with Crippen LogP contribution in [0.1, 0.15) is 42.5 Å². The molecule has 0 bridgehead atoms. The van der Waals surface area contributed by atoms with Crippen molar-refractivity contribution in [1.29, 1.82) is 0 Å². The molecule has 3 aromatic rings. The second kappa shape index (κ2) is 12.4. The van der Waals surface area contributed by atoms with E-state index in [1.54, 1.807) is 24.3 Å². The molecule has 1 aromatic heterocycles. The van der Waals surface area contributed by atoms with E-state index in [1.807, 2.05) is 19.0 Å². The first-order valence-corrected chi connectivity index (χ1v) is 11.1. The molecule has 188 valence electrons. The largest absolute Gasteiger partial charge is 0.505 e. The Morgan fingerprint density at radius 1 is 0.833 bits per heavy atom. The van der Waals surface area contributed by atoms with Crippen molar-refractivity contribution in [2.75, 3.05) is 27.2 Å². The van der Waals surface area contributed by atoms with Gasteiger partial charge in [0.25, 0.3) is 17.7 Å². The number of phenolic OH excluding ortho intramolecular Hbond substituents is 1. The SMILES string of the molecule is CN(C)CCNC(=O)c1ccc(CNC(=O)c2cc(C(=O)NCc3ccc(F)c(O)c3)ncn2)cc1. The maximum atomic E-state index is 13.2. The Bertz CT molecular complexity index is 1230. The zero-order valence-corrected chi connectivity index (χ0v) is 19.9. The van der Waals surface area contributed by atoms with Crippen LogP contribution < -0.4 is 16.0 Å². The Morgan fingerprint density at radius 2 is 1.42 bits per heavy atom. The summed E-state index contributed by atoms with van der Waals surface area (Å²) in [5.74, 6) is -2.50. The van der Waals surface area contributed by atoms with Crippen LogP contribution in [0.3, 0.4) is 0 Å². The van der Waals surface area contributed by atoms with Gasteiger partial charge in [-0.15, -0.1) is 0 Å². The van der Waals surface area contributed by atoms with Crippen molar-refractivity contribution < 1.29 is 23.9 Å². The Hall–Kier alpha value is -4.38. The number of halogens is 1. The number of nitrogens with one attached hydrogen (secondary N) is 3. The number of aromatic hydroxyl groups is 1. The molecule has 0 aliphatic heterocycles. The first-order valence-electron chi connectivity index (χ1n) is 11.1. The zero-order valence-electron chi connectivity index (χ0n) is 19.9. The van der Waals surface area contributed by atoms with E-state index in [-0.39, 0.29) is 30.4 Å². The van der Waals surface area contributed by atoms with Crippen molar-refractivity contribution in [1.82, 2.24) is 30.8 Å². The lowest BCUT2D eigenvalue weighted by Crippen LogP contribution is -2.31. The minimum atomic E-state index is -0.756. The predicted octanol–water partition coefficient (Wildman–Crippen LogP) is 1.47. The number of likely N-dealkylation sites (N-methyl/N-ethyl adjacent to an activating group) is 1. The second-order valence-electron chi connectivity index (χ2n) is 8.20. The number of benzene rings is 2. The fraction of sp³-hybridized carbons (Fsp3) is 0.240. The maximum absolute atomic E-state index is 13.2. The molecule has 0 atom stereocenters. The molecule has 0 saturated carbocycles. The smallest absolute Gasteiger partial charge is 0.270 e. The van der Waals surface area contributed by atoms with Crippen LogP contribution in [0, 0.1) is 5.82 Å². The molecule has 4 N–H and O–H groups in total. The van der Waals surface area contributed by atoms with Crippen LogP contribution in [0.5, 0.6) is 5.75 Å². The number of amides is 3. The molecule has 0 saturated heterocycles. The van der Waals surface area contributed by atoms with Gasteiger partial charge >= 0.3 is 0 Å². The lowest BCUT2D eigenvalue weighted by Gasteiger charge is -2.11. The number of nitrogens with zero attached hydrogens (tertiary/aromatic N) is 3. The summed E-state index contributed by atoms with van der Waals surface area (Å²) in [6.07, 6.45) is 1.11. The van der Waals surface area contributed by atoms with Crippen LogP contribution in [0.2, 0.25) is 0 Å². The lowest BCUT2D eigenvalue weighted by molar-refractivity contribution is 0.0935. The first kappa shape index (κ1) is 26.2. The first-order chi connectivity index (χ1) is 17.2. The van der Waals surface area contributed by atoms with E-state index in [0.717, 1.165) is 24.5 Å². The molecule has 0 aliphatic carbocycles. The third kappa shape index (κ3) is 7.57. The van der Waals surface area contributed by atoms with Gasteiger partial charge in [0.1, 0.15) is 17.7 Å². The summed E-state index contributed by atoms with van der Waals surface area (Å²) in [6.45, 7) is 1.50. The van der Waals surface area contributed by atoms with Gasteiger partial charge in [0, 0.05) is 37.8 Å². The third-order valence-corrected chi connectivity index (χ3v) is 5.11. The zero-order chi connectivity index (χ0) is 26.1. The van der Waals surface area contributed by atoms with Crippen molar-refractivity contribution >= 4 is 17.7 Å². The highest BCUT2D eigenvalue weighted by molar-refractivity contribution is 5.97. The predicted molar refractivity (Wildman–Crippen MR) is 130 cm³/mol. The molecule has 0 spiro atoms. The van der Waals surface area contributed by atoms with Crippen molar-refractivity contribution in [3.8, 4) is 5.75 Å². The Labute approximate surface area is 207 Å². The molecule has 0 radical (unpaired) electrons. The Balaban J connectivity index is 1.52. The van der Waals surface area contributed by atoms with Crippen molar-refractivity contribution in [2.24, 2.45) is 0 Å². The molecule has 3 rings (SSSR count). The van der Waals surface area contributed by atoms with Gasteiger partial charge < -0.3 is 26.0 Å². The molecule has 10 nitrogen and oxygen atoms in total. The topological polar surface area (TPSA) is 137 Å². The standard InChI is InChI=1S/C25H27FN6O4/c1-32(2)10-9-27-23(34)18-6-3-16(4-7-18)13-28-24(35)20-12-21(31-15-30-20)25(36)29-14-17-5-8-19(26)22(33)11-17/h3-8,11-12,15,33H,9-10,13-14H2,1-2H3,(H,27,34)(H,28,35)(H,29,36). The van der Waals surface area contributed by atoms with E-state index < -0.39 is 23.4 Å². The number of rotatable bonds is 10. The highest BCUT2D eigenvalue weighted by Gasteiger charge is 2.14. The number of aromatic nitrogens is 2. The molecular weight excluding hydrogens is 467 g/mol. The molecular formula is C25H27FN6O4. The summed E-state index contributed by atoms with van der Waals surface area (Å²) < 4.78 is 13.2. The van der Waals surface area contributed by atoms with E-state index in [1.165, 1.54) is 18.2 Å². The Morgan fingerprint density at radius 3 is 2.00 bits per heavy atom. The number of carbonyl (C=O) groups excluding carboxylic acids is 3. The molecule has 2 aromatic carbocycles. The highest BCUT2D eigenvalue weighted by atomic mass is 19.1. The van der Waals surface area contributed by atoms with E-state index in [0.29, 0.717) is 17.7 Å². The van der Waals surface area contributed by atoms with Crippen LogP contribution >= 0.6 is 0 Å². The number of hydrogen-bond donors (Lipinski definition) is 4. The van der Waals surface area contributed by atoms with Gasteiger partial charge in [0.2, 0.25) is 0 Å². The molecule has 0 fully saturated rings. The fourth-order valence-electron chi connectivity index (χ4n) is 3.09. The molecule has 3 amide bonds. The molecule has 0 aliphatic rings. The summed E-state index contributed by atoms with van der Waals surface area (Å²) in [5.41, 5.74) is 1.78. The molecule has 1 heterocycles. The van der Waals surface area contributed by atoms with E-state index in [9.17, 15) is 23.9 Å². The summed E-state index contributed by atoms with van der Waals surface area (Å²) >= 11 is 0. The quantitative estimate of drug-likeness (QED) is 0.335. The number of carbonyl (C=O) groups is 3. The summed E-state index contributed by atoms with van der Waals surface area (Å²) in [6, 6.07) is 11.8.